The van der Waals surface area contributed by atoms with Crippen molar-refractivity contribution in [2.45, 2.75) is 44.8 Å². The van der Waals surface area contributed by atoms with Crippen molar-refractivity contribution >= 4 is 17.5 Å². The molecule has 5 nitrogen and oxygen atoms in total. The van der Waals surface area contributed by atoms with Crippen LogP contribution < -0.4 is 4.74 Å². The molecule has 1 heterocycles. The van der Waals surface area contributed by atoms with Crippen molar-refractivity contribution in [1.29, 1.82) is 0 Å². The summed E-state index contributed by atoms with van der Waals surface area (Å²) in [5.74, 6) is -0.992. The van der Waals surface area contributed by atoms with Gasteiger partial charge in [0.2, 0.25) is 0 Å². The van der Waals surface area contributed by atoms with E-state index in [0.29, 0.717) is 36.5 Å². The van der Waals surface area contributed by atoms with Crippen LogP contribution in [0.4, 0.5) is 0 Å². The molecule has 0 radical (unpaired) electrons. The second-order valence-electron chi connectivity index (χ2n) is 10.9. The smallest absolute Gasteiger partial charge is 0.315 e. The van der Waals surface area contributed by atoms with E-state index in [2.05, 4.69) is 12.1 Å². The fourth-order valence-electron chi connectivity index (χ4n) is 6.08. The number of ketones is 1. The van der Waals surface area contributed by atoms with Crippen molar-refractivity contribution in [1.82, 2.24) is 0 Å². The Bertz CT molecular complexity index is 1630. The van der Waals surface area contributed by atoms with Crippen molar-refractivity contribution in [2.75, 3.05) is 0 Å². The Labute approximate surface area is 246 Å². The molecule has 42 heavy (non-hydrogen) atoms. The summed E-state index contributed by atoms with van der Waals surface area (Å²) in [5.41, 5.74) is 5.86. The van der Waals surface area contributed by atoms with E-state index in [-0.39, 0.29) is 18.3 Å². The summed E-state index contributed by atoms with van der Waals surface area (Å²) in [5, 5.41) is 0. The third-order valence-corrected chi connectivity index (χ3v) is 8.13. The summed E-state index contributed by atoms with van der Waals surface area (Å²) in [6, 6.07) is 37.4. The zero-order valence-corrected chi connectivity index (χ0v) is 23.6. The van der Waals surface area contributed by atoms with Gasteiger partial charge >= 0.3 is 5.97 Å². The van der Waals surface area contributed by atoms with Crippen molar-refractivity contribution < 1.29 is 19.1 Å². The molecule has 0 aromatic heterocycles. The Balaban J connectivity index is 1.38. The lowest BCUT2D eigenvalue weighted by atomic mass is 9.69. The third-order valence-electron chi connectivity index (χ3n) is 8.13. The number of para-hydroxylation sites is 1. The Morgan fingerprint density at radius 3 is 2.05 bits per heavy atom. The van der Waals surface area contributed by atoms with Crippen LogP contribution in [0.5, 0.6) is 5.75 Å². The van der Waals surface area contributed by atoms with Crippen molar-refractivity contribution in [3.63, 3.8) is 0 Å². The molecule has 4 aromatic carbocycles. The van der Waals surface area contributed by atoms with Crippen LogP contribution in [0.2, 0.25) is 0 Å². The van der Waals surface area contributed by atoms with Crippen LogP contribution in [-0.4, -0.2) is 17.5 Å². The number of carbonyl (C=O) groups excluding carboxylic acids is 2. The number of Topliss-reactive ketones (excluding diaryl/α,β-unsaturated/α-hetero) is 1. The summed E-state index contributed by atoms with van der Waals surface area (Å²) in [4.78, 5) is 32.8. The van der Waals surface area contributed by atoms with E-state index in [4.69, 9.17) is 14.5 Å². The maximum absolute atomic E-state index is 14.0. The number of allylic oxidation sites excluding steroid dienone is 2. The first-order chi connectivity index (χ1) is 20.6. The van der Waals surface area contributed by atoms with Gasteiger partial charge in [-0.3, -0.25) is 14.6 Å². The highest BCUT2D eigenvalue weighted by Crippen LogP contribution is 2.48. The van der Waals surface area contributed by atoms with Gasteiger partial charge in [-0.05, 0) is 42.0 Å². The monoisotopic (exact) mass is 555 g/mol. The molecule has 0 amide bonds. The van der Waals surface area contributed by atoms with E-state index in [1.54, 1.807) is 0 Å². The first kappa shape index (κ1) is 27.4. The van der Waals surface area contributed by atoms with Crippen LogP contribution in [0.15, 0.2) is 132 Å². The lowest BCUT2D eigenvalue weighted by Crippen LogP contribution is -2.38. The number of ether oxygens (including phenoxy) is 2. The van der Waals surface area contributed by atoms with Crippen molar-refractivity contribution in [3.05, 3.63) is 149 Å². The fourth-order valence-corrected chi connectivity index (χ4v) is 6.08. The zero-order valence-electron chi connectivity index (χ0n) is 23.6. The van der Waals surface area contributed by atoms with E-state index in [1.165, 1.54) is 0 Å². The van der Waals surface area contributed by atoms with Gasteiger partial charge < -0.3 is 9.47 Å². The molecule has 1 aliphatic carbocycles. The topological polar surface area (TPSA) is 65.0 Å². The van der Waals surface area contributed by atoms with Crippen molar-refractivity contribution in [3.8, 4) is 5.75 Å². The zero-order chi connectivity index (χ0) is 28.9. The number of nitrogens with zero attached hydrogens (tertiary/aromatic N) is 1. The van der Waals surface area contributed by atoms with Crippen LogP contribution >= 0.6 is 0 Å². The fraction of sp³-hybridized carbons (Fsp3) is 0.216. The first-order valence-corrected chi connectivity index (χ1v) is 14.4. The average molecular weight is 556 g/mol. The van der Waals surface area contributed by atoms with Crippen LogP contribution in [0.1, 0.15) is 53.9 Å². The highest BCUT2D eigenvalue weighted by Gasteiger charge is 2.45. The number of hydrogen-bond donors (Lipinski definition) is 0. The Morgan fingerprint density at radius 2 is 1.36 bits per heavy atom. The van der Waals surface area contributed by atoms with E-state index < -0.39 is 17.8 Å². The summed E-state index contributed by atoms with van der Waals surface area (Å²) in [7, 11) is 0. The molecule has 210 valence electrons. The minimum absolute atomic E-state index is 0.0186. The van der Waals surface area contributed by atoms with Crippen LogP contribution in [0.25, 0.3) is 0 Å². The maximum Gasteiger partial charge on any atom is 0.315 e. The lowest BCUT2D eigenvalue weighted by Gasteiger charge is -2.37. The summed E-state index contributed by atoms with van der Waals surface area (Å²) >= 11 is 0. The predicted molar refractivity (Wildman–Crippen MR) is 163 cm³/mol. The van der Waals surface area contributed by atoms with Gasteiger partial charge in [-0.15, -0.1) is 0 Å². The Hall–Kier alpha value is -4.77. The van der Waals surface area contributed by atoms with Gasteiger partial charge in [0.1, 0.15) is 24.9 Å². The van der Waals surface area contributed by atoms with Gasteiger partial charge in [-0.2, -0.15) is 0 Å². The lowest BCUT2D eigenvalue weighted by molar-refractivity contribution is -0.148. The highest BCUT2D eigenvalue weighted by atomic mass is 16.5. The molecule has 0 bridgehead atoms. The number of rotatable bonds is 8. The van der Waals surface area contributed by atoms with Crippen LogP contribution in [0.3, 0.4) is 0 Å². The second-order valence-corrected chi connectivity index (χ2v) is 10.9. The number of benzene rings is 4. The number of aliphatic imine (C=N–C) groups is 1. The van der Waals surface area contributed by atoms with E-state index in [0.717, 1.165) is 28.0 Å². The summed E-state index contributed by atoms with van der Waals surface area (Å²) < 4.78 is 12.2. The molecule has 5 heteroatoms. The molecule has 0 saturated carbocycles. The first-order valence-electron chi connectivity index (χ1n) is 14.4. The molecular weight excluding hydrogens is 522 g/mol. The summed E-state index contributed by atoms with van der Waals surface area (Å²) in [6.45, 7) is 2.39. The van der Waals surface area contributed by atoms with Crippen LogP contribution in [0, 0.1) is 5.92 Å². The van der Waals surface area contributed by atoms with Gasteiger partial charge in [-0.25, -0.2) is 0 Å². The molecule has 0 spiro atoms. The number of carbonyl (C=O) groups is 2. The van der Waals surface area contributed by atoms with E-state index in [9.17, 15) is 9.59 Å². The largest absolute Gasteiger partial charge is 0.489 e. The highest BCUT2D eigenvalue weighted by molar-refractivity contribution is 6.09. The minimum Gasteiger partial charge on any atom is -0.489 e. The average Bonchev–Trinajstić information content (AvgIpc) is 3.03. The third kappa shape index (κ3) is 5.82. The SMILES string of the molecule is CC1=NC2=C(C(=O)C[C@H](c3ccccc3)C2)[C@H](c2ccccc2OCc2ccccc2)C1C(=O)OCc1ccccc1. The molecule has 4 aromatic rings. The molecule has 0 N–H and O–H groups in total. The Kier molecular flexibility index (Phi) is 8.09. The maximum atomic E-state index is 14.0. The molecule has 0 saturated heterocycles. The molecule has 1 unspecified atom stereocenters. The second kappa shape index (κ2) is 12.4. The minimum atomic E-state index is -0.744. The quantitative estimate of drug-likeness (QED) is 0.210. The number of hydrogen-bond acceptors (Lipinski definition) is 5. The molecule has 1 aliphatic heterocycles. The molecular formula is C37H33NO4. The van der Waals surface area contributed by atoms with Gasteiger partial charge in [-0.1, -0.05) is 109 Å². The van der Waals surface area contributed by atoms with E-state index >= 15 is 0 Å². The van der Waals surface area contributed by atoms with Gasteiger partial charge in [0.15, 0.2) is 5.78 Å². The van der Waals surface area contributed by atoms with E-state index in [1.807, 2.05) is 110 Å². The molecule has 3 atom stereocenters. The molecule has 0 fully saturated rings. The normalized spacial score (nSPS) is 20.0. The van der Waals surface area contributed by atoms with Gasteiger partial charge in [0.25, 0.3) is 0 Å². The summed E-state index contributed by atoms with van der Waals surface area (Å²) in [6.07, 6.45) is 1.00. The van der Waals surface area contributed by atoms with Crippen molar-refractivity contribution in [2.24, 2.45) is 10.9 Å². The molecule has 6 rings (SSSR count). The molecule has 2 aliphatic rings. The standard InChI is InChI=1S/C37H33NO4/c1-25-34(37(40)42-24-27-15-7-3-8-16-27)35(30-19-11-12-20-33(30)41-23-26-13-5-2-6-14-26)36-31(38-25)21-29(22-32(36)39)28-17-9-4-10-18-28/h2-20,29,34-35H,21-24H2,1H3/t29-,34?,35-/m1/s1. The predicted octanol–water partition coefficient (Wildman–Crippen LogP) is 7.58. The number of esters is 1. The van der Waals surface area contributed by atoms with Gasteiger partial charge in [0.05, 0.1) is 0 Å². The Morgan fingerprint density at radius 1 is 0.762 bits per heavy atom. The van der Waals surface area contributed by atoms with Crippen LogP contribution in [-0.2, 0) is 27.5 Å². The van der Waals surface area contributed by atoms with Gasteiger partial charge in [0, 0.05) is 34.9 Å².